The number of fused-ring (bicyclic) bond motifs is 10. The van der Waals surface area contributed by atoms with E-state index in [-0.39, 0.29) is 5.41 Å². The fraction of sp³-hybridized carbons (Fsp3) is 0.0638. The molecule has 2 heteroatoms. The zero-order valence-corrected chi connectivity index (χ0v) is 27.4. The van der Waals surface area contributed by atoms with Crippen molar-refractivity contribution in [3.8, 4) is 45.0 Å². The van der Waals surface area contributed by atoms with Gasteiger partial charge in [-0.25, -0.2) is 9.97 Å². The van der Waals surface area contributed by atoms with Crippen LogP contribution in [0.2, 0.25) is 0 Å². The van der Waals surface area contributed by atoms with E-state index in [1.54, 1.807) is 0 Å². The Hall–Kier alpha value is -6.12. The molecule has 0 fully saturated rings. The van der Waals surface area contributed by atoms with E-state index in [0.717, 1.165) is 33.9 Å². The number of benzene rings is 8. The molecule has 1 heterocycles. The Morgan fingerprint density at radius 2 is 0.857 bits per heavy atom. The van der Waals surface area contributed by atoms with Crippen molar-refractivity contribution in [1.29, 1.82) is 0 Å². The van der Waals surface area contributed by atoms with Crippen molar-refractivity contribution in [2.24, 2.45) is 0 Å². The molecule has 0 unspecified atom stereocenters. The molecule has 1 aliphatic carbocycles. The molecular formula is C47H32N2. The van der Waals surface area contributed by atoms with Crippen LogP contribution in [0.25, 0.3) is 88.1 Å². The minimum atomic E-state index is -0.111. The van der Waals surface area contributed by atoms with E-state index in [1.807, 2.05) is 12.1 Å². The summed E-state index contributed by atoms with van der Waals surface area (Å²) in [6.45, 7) is 4.75. The molecule has 8 aromatic carbocycles. The minimum Gasteiger partial charge on any atom is -0.228 e. The summed E-state index contributed by atoms with van der Waals surface area (Å²) in [5, 5.41) is 10.1. The first kappa shape index (κ1) is 27.9. The molecule has 0 bridgehead atoms. The lowest BCUT2D eigenvalue weighted by Crippen LogP contribution is -2.15. The van der Waals surface area contributed by atoms with Crippen molar-refractivity contribution >= 4 is 43.1 Å². The number of nitrogens with zero attached hydrogens (tertiary/aromatic N) is 2. The standard InChI is InChI=1S/C47H32N2/c1-47(2)42-25-32-18-10-9-17-31(32)23-40(42)41-26-38-35-20-12-11-19-34(35)37-24-33(21-22-36(37)39(38)27-43(41)47)46-48-44(29-13-5-3-6-14-29)28-45(49-46)30-15-7-4-8-16-30/h3-28H,1-2H3. The van der Waals surface area contributed by atoms with Crippen LogP contribution in [0.15, 0.2) is 158 Å². The van der Waals surface area contributed by atoms with Crippen LogP contribution in [-0.4, -0.2) is 9.97 Å². The molecule has 0 N–H and O–H groups in total. The van der Waals surface area contributed by atoms with E-state index in [9.17, 15) is 0 Å². The van der Waals surface area contributed by atoms with E-state index in [1.165, 1.54) is 65.3 Å². The lowest BCUT2D eigenvalue weighted by molar-refractivity contribution is 0.662. The van der Waals surface area contributed by atoms with Crippen molar-refractivity contribution in [3.05, 3.63) is 169 Å². The van der Waals surface area contributed by atoms with Gasteiger partial charge in [-0.05, 0) is 102 Å². The molecule has 1 aliphatic rings. The zero-order chi connectivity index (χ0) is 32.7. The zero-order valence-electron chi connectivity index (χ0n) is 27.4. The van der Waals surface area contributed by atoms with Crippen molar-refractivity contribution in [2.75, 3.05) is 0 Å². The first-order valence-electron chi connectivity index (χ1n) is 17.0. The van der Waals surface area contributed by atoms with Gasteiger partial charge in [0.1, 0.15) is 0 Å². The second-order valence-electron chi connectivity index (χ2n) is 13.8. The highest BCUT2D eigenvalue weighted by Crippen LogP contribution is 2.52. The van der Waals surface area contributed by atoms with Gasteiger partial charge in [-0.3, -0.25) is 0 Å². The monoisotopic (exact) mass is 624 g/mol. The van der Waals surface area contributed by atoms with Gasteiger partial charge in [0, 0.05) is 22.1 Å². The second-order valence-corrected chi connectivity index (χ2v) is 13.8. The molecule has 1 aromatic heterocycles. The molecule has 0 radical (unpaired) electrons. The maximum absolute atomic E-state index is 5.15. The van der Waals surface area contributed by atoms with E-state index in [0.29, 0.717) is 0 Å². The van der Waals surface area contributed by atoms with Gasteiger partial charge in [-0.15, -0.1) is 0 Å². The summed E-state index contributed by atoms with van der Waals surface area (Å²) < 4.78 is 0. The first-order chi connectivity index (χ1) is 24.0. The maximum atomic E-state index is 5.15. The highest BCUT2D eigenvalue weighted by Gasteiger charge is 2.36. The summed E-state index contributed by atoms with van der Waals surface area (Å²) in [5.74, 6) is 0.726. The summed E-state index contributed by atoms with van der Waals surface area (Å²) in [6.07, 6.45) is 0. The maximum Gasteiger partial charge on any atom is 0.160 e. The van der Waals surface area contributed by atoms with E-state index in [2.05, 4.69) is 159 Å². The van der Waals surface area contributed by atoms with E-state index < -0.39 is 0 Å². The Kier molecular flexibility index (Phi) is 5.95. The van der Waals surface area contributed by atoms with Gasteiger partial charge in [0.15, 0.2) is 5.82 Å². The van der Waals surface area contributed by atoms with Crippen LogP contribution in [0.5, 0.6) is 0 Å². The fourth-order valence-corrected chi connectivity index (χ4v) is 8.09. The van der Waals surface area contributed by atoms with Crippen LogP contribution in [0.3, 0.4) is 0 Å². The SMILES string of the molecule is CC1(C)c2cc3ccccc3cc2-c2cc3c4ccccc4c4cc(-c5nc(-c6ccccc6)cc(-c6ccccc6)n5)ccc4c3cc21. The molecule has 230 valence electrons. The average Bonchev–Trinajstić information content (AvgIpc) is 3.38. The van der Waals surface area contributed by atoms with Crippen LogP contribution >= 0.6 is 0 Å². The predicted molar refractivity (Wildman–Crippen MR) is 206 cm³/mol. The van der Waals surface area contributed by atoms with Crippen LogP contribution in [-0.2, 0) is 5.41 Å². The summed E-state index contributed by atoms with van der Waals surface area (Å²) in [7, 11) is 0. The molecule has 0 amide bonds. The Balaban J connectivity index is 1.22. The van der Waals surface area contributed by atoms with Gasteiger partial charge < -0.3 is 0 Å². The third-order valence-electron chi connectivity index (χ3n) is 10.6. The molecule has 49 heavy (non-hydrogen) atoms. The Morgan fingerprint density at radius 3 is 1.51 bits per heavy atom. The smallest absolute Gasteiger partial charge is 0.160 e. The van der Waals surface area contributed by atoms with Gasteiger partial charge in [-0.2, -0.15) is 0 Å². The summed E-state index contributed by atoms with van der Waals surface area (Å²) >= 11 is 0. The van der Waals surface area contributed by atoms with Crippen LogP contribution in [0, 0.1) is 0 Å². The van der Waals surface area contributed by atoms with Crippen molar-refractivity contribution < 1.29 is 0 Å². The number of hydrogen-bond acceptors (Lipinski definition) is 2. The van der Waals surface area contributed by atoms with E-state index in [4.69, 9.17) is 9.97 Å². The normalized spacial score (nSPS) is 13.3. The Morgan fingerprint density at radius 1 is 0.367 bits per heavy atom. The van der Waals surface area contributed by atoms with Gasteiger partial charge in [-0.1, -0.05) is 135 Å². The summed E-state index contributed by atoms with van der Waals surface area (Å²) in [5.41, 5.74) is 10.4. The largest absolute Gasteiger partial charge is 0.228 e. The van der Waals surface area contributed by atoms with Crippen molar-refractivity contribution in [1.82, 2.24) is 9.97 Å². The van der Waals surface area contributed by atoms with Crippen LogP contribution in [0.4, 0.5) is 0 Å². The minimum absolute atomic E-state index is 0.111. The summed E-state index contributed by atoms with van der Waals surface area (Å²) in [4.78, 5) is 10.3. The molecule has 2 nitrogen and oxygen atoms in total. The van der Waals surface area contributed by atoms with Gasteiger partial charge in [0.2, 0.25) is 0 Å². The lowest BCUT2D eigenvalue weighted by atomic mass is 9.80. The van der Waals surface area contributed by atoms with Gasteiger partial charge in [0.25, 0.3) is 0 Å². The topological polar surface area (TPSA) is 25.8 Å². The van der Waals surface area contributed by atoms with E-state index >= 15 is 0 Å². The van der Waals surface area contributed by atoms with Gasteiger partial charge >= 0.3 is 0 Å². The number of aromatic nitrogens is 2. The van der Waals surface area contributed by atoms with Gasteiger partial charge in [0.05, 0.1) is 11.4 Å². The molecule has 0 saturated carbocycles. The highest BCUT2D eigenvalue weighted by atomic mass is 14.9. The highest BCUT2D eigenvalue weighted by molar-refractivity contribution is 6.26. The third-order valence-corrected chi connectivity index (χ3v) is 10.6. The number of rotatable bonds is 3. The van der Waals surface area contributed by atoms with Crippen LogP contribution in [0.1, 0.15) is 25.0 Å². The predicted octanol–water partition coefficient (Wildman–Crippen LogP) is 12.4. The molecule has 0 aliphatic heterocycles. The molecule has 0 spiro atoms. The lowest BCUT2D eigenvalue weighted by Gasteiger charge is -2.22. The molecule has 10 rings (SSSR count). The van der Waals surface area contributed by atoms with Crippen molar-refractivity contribution in [3.63, 3.8) is 0 Å². The number of hydrogen-bond donors (Lipinski definition) is 0. The third kappa shape index (κ3) is 4.27. The second kappa shape index (κ2) is 10.4. The molecule has 0 saturated heterocycles. The molecule has 9 aromatic rings. The fourth-order valence-electron chi connectivity index (χ4n) is 8.09. The quantitative estimate of drug-likeness (QED) is 0.183. The molecule has 0 atom stereocenters. The van der Waals surface area contributed by atoms with Crippen LogP contribution < -0.4 is 0 Å². The average molecular weight is 625 g/mol. The summed E-state index contributed by atoms with van der Waals surface area (Å²) in [6, 6.07) is 57.0. The van der Waals surface area contributed by atoms with Crippen molar-refractivity contribution in [2.45, 2.75) is 19.3 Å². The Labute approximate surface area is 285 Å². The molecular weight excluding hydrogens is 593 g/mol. The Bertz CT molecular complexity index is 2720. The first-order valence-corrected chi connectivity index (χ1v) is 17.0.